The topological polar surface area (TPSA) is 113 Å². The third-order valence-corrected chi connectivity index (χ3v) is 8.39. The van der Waals surface area contributed by atoms with Crippen LogP contribution in [-0.4, -0.2) is 74.4 Å². The van der Waals surface area contributed by atoms with Gasteiger partial charge in [-0.05, 0) is 48.4 Å². The van der Waals surface area contributed by atoms with Crippen LogP contribution in [0.3, 0.4) is 0 Å². The number of hydrogen-bond donors (Lipinski definition) is 1. The van der Waals surface area contributed by atoms with E-state index in [0.717, 1.165) is 0 Å². The van der Waals surface area contributed by atoms with Gasteiger partial charge in [-0.1, -0.05) is 38.6 Å². The lowest BCUT2D eigenvalue weighted by atomic mass is 9.95. The van der Waals surface area contributed by atoms with Gasteiger partial charge in [0.25, 0.3) is 11.7 Å². The molecule has 0 bridgehead atoms. The molecular formula is C28H34N2O7S. The van der Waals surface area contributed by atoms with E-state index in [-0.39, 0.29) is 28.3 Å². The molecule has 1 saturated heterocycles. The fourth-order valence-corrected chi connectivity index (χ4v) is 5.85. The van der Waals surface area contributed by atoms with E-state index in [1.165, 1.54) is 33.5 Å². The highest BCUT2D eigenvalue weighted by Gasteiger charge is 2.45. The lowest BCUT2D eigenvalue weighted by Gasteiger charge is -2.25. The number of aliphatic hydroxyl groups excluding tert-OH is 1. The van der Waals surface area contributed by atoms with Crippen LogP contribution in [0.15, 0.2) is 71.7 Å². The quantitative estimate of drug-likeness (QED) is 0.135. The smallest absolute Gasteiger partial charge is 0.295 e. The first-order valence-corrected chi connectivity index (χ1v) is 13.9. The number of Topliss-reactive ketones (excluding diaryl/α,β-unsaturated/α-hetero) is 1. The zero-order valence-corrected chi connectivity index (χ0v) is 22.7. The Morgan fingerprint density at radius 2 is 1.71 bits per heavy atom. The highest BCUT2D eigenvalue weighted by atomic mass is 32.2. The van der Waals surface area contributed by atoms with Gasteiger partial charge in [-0.15, -0.1) is 0 Å². The minimum atomic E-state index is -3.69. The second-order valence-electron chi connectivity index (χ2n) is 8.62. The van der Waals surface area contributed by atoms with Crippen LogP contribution in [0.5, 0.6) is 5.75 Å². The van der Waals surface area contributed by atoms with Crippen molar-refractivity contribution < 1.29 is 32.6 Å². The molecule has 1 atom stereocenters. The first-order valence-electron chi connectivity index (χ1n) is 12.4. The number of rotatable bonds is 13. The molecule has 38 heavy (non-hydrogen) atoms. The number of carbonyl (C=O) groups is 2. The van der Waals surface area contributed by atoms with E-state index in [1.54, 1.807) is 51.3 Å². The molecular weight excluding hydrogens is 508 g/mol. The normalized spacial score (nSPS) is 17.3. The Hall–Kier alpha value is -3.47. The minimum Gasteiger partial charge on any atom is -0.507 e. The summed E-state index contributed by atoms with van der Waals surface area (Å²) in [7, 11) is -2.14. The molecule has 9 nitrogen and oxygen atoms in total. The van der Waals surface area contributed by atoms with Crippen LogP contribution in [0.4, 0.5) is 0 Å². The Balaban J connectivity index is 2.05. The van der Waals surface area contributed by atoms with Gasteiger partial charge in [0.05, 0.1) is 16.5 Å². The van der Waals surface area contributed by atoms with Crippen molar-refractivity contribution in [2.45, 2.75) is 31.2 Å². The van der Waals surface area contributed by atoms with Crippen LogP contribution < -0.4 is 4.74 Å². The Labute approximate surface area is 224 Å². The summed E-state index contributed by atoms with van der Waals surface area (Å²) in [5.74, 6) is -1.31. The van der Waals surface area contributed by atoms with Crippen molar-refractivity contribution in [2.24, 2.45) is 0 Å². The molecule has 1 unspecified atom stereocenters. The first kappa shape index (κ1) is 29.1. The Morgan fingerprint density at radius 1 is 1.08 bits per heavy atom. The van der Waals surface area contributed by atoms with Gasteiger partial charge in [-0.2, -0.15) is 4.31 Å². The molecule has 1 fully saturated rings. The van der Waals surface area contributed by atoms with E-state index < -0.39 is 27.8 Å². The summed E-state index contributed by atoms with van der Waals surface area (Å²) >= 11 is 0. The van der Waals surface area contributed by atoms with Gasteiger partial charge in [0, 0.05) is 38.9 Å². The predicted molar refractivity (Wildman–Crippen MR) is 144 cm³/mol. The van der Waals surface area contributed by atoms with E-state index in [1.807, 2.05) is 0 Å². The molecule has 1 aliphatic heterocycles. The SMILES string of the molecule is C=CCOc1ccc(C2/C(=C(\O)c3ccc(S(=O)(=O)N(CC)CC)cc3)C(=O)C(=O)N2CCCOC)cc1. The Kier molecular flexibility index (Phi) is 9.84. The van der Waals surface area contributed by atoms with E-state index in [0.29, 0.717) is 44.0 Å². The molecule has 10 heteroatoms. The zero-order chi connectivity index (χ0) is 27.9. The number of sulfonamides is 1. The lowest BCUT2D eigenvalue weighted by Crippen LogP contribution is -2.31. The molecule has 1 heterocycles. The fraction of sp³-hybridized carbons (Fsp3) is 0.357. The standard InChI is InChI=1S/C28H34N2O7S/c1-5-18-37-22-13-9-20(10-14-22)25-24(27(32)28(33)30(25)17-8-19-36-4)26(31)21-11-15-23(16-12-21)38(34,35)29(6-2)7-3/h5,9-16,25,31H,1,6-8,17-19H2,2-4H3/b26-24+. The van der Waals surface area contributed by atoms with Crippen molar-refractivity contribution in [3.8, 4) is 5.75 Å². The number of likely N-dealkylation sites (tertiary alicyclic amines) is 1. The van der Waals surface area contributed by atoms with E-state index in [2.05, 4.69) is 6.58 Å². The Morgan fingerprint density at radius 3 is 2.26 bits per heavy atom. The molecule has 0 spiro atoms. The zero-order valence-electron chi connectivity index (χ0n) is 21.9. The number of ether oxygens (including phenoxy) is 2. The largest absolute Gasteiger partial charge is 0.507 e. The number of amides is 1. The summed E-state index contributed by atoms with van der Waals surface area (Å²) in [6, 6.07) is 11.7. The van der Waals surface area contributed by atoms with Gasteiger partial charge < -0.3 is 19.5 Å². The van der Waals surface area contributed by atoms with Crippen LogP contribution in [0.1, 0.15) is 37.4 Å². The molecule has 3 rings (SSSR count). The predicted octanol–water partition coefficient (Wildman–Crippen LogP) is 3.74. The number of carbonyl (C=O) groups excluding carboxylic acids is 2. The van der Waals surface area contributed by atoms with Crippen molar-refractivity contribution in [1.82, 2.24) is 9.21 Å². The van der Waals surface area contributed by atoms with Crippen LogP contribution in [0, 0.1) is 0 Å². The fourth-order valence-electron chi connectivity index (χ4n) is 4.39. The molecule has 1 N–H and O–H groups in total. The monoisotopic (exact) mass is 542 g/mol. The van der Waals surface area contributed by atoms with Gasteiger partial charge in [0.15, 0.2) is 0 Å². The Bertz CT molecular complexity index is 1280. The molecule has 1 aliphatic rings. The van der Waals surface area contributed by atoms with E-state index in [9.17, 15) is 23.1 Å². The summed E-state index contributed by atoms with van der Waals surface area (Å²) in [6.45, 7) is 8.75. The third kappa shape index (κ3) is 5.98. The van der Waals surface area contributed by atoms with Crippen LogP contribution in [0.2, 0.25) is 0 Å². The molecule has 0 saturated carbocycles. The molecule has 204 valence electrons. The van der Waals surface area contributed by atoms with Crippen molar-refractivity contribution >= 4 is 27.5 Å². The maximum Gasteiger partial charge on any atom is 0.295 e. The minimum absolute atomic E-state index is 0.0634. The number of benzene rings is 2. The van der Waals surface area contributed by atoms with Crippen molar-refractivity contribution in [2.75, 3.05) is 40.0 Å². The first-order chi connectivity index (χ1) is 18.2. The summed E-state index contributed by atoms with van der Waals surface area (Å²) in [5.41, 5.74) is 0.788. The lowest BCUT2D eigenvalue weighted by molar-refractivity contribution is -0.140. The number of nitrogens with zero attached hydrogens (tertiary/aromatic N) is 2. The second kappa shape index (κ2) is 12.9. The number of hydrogen-bond acceptors (Lipinski definition) is 7. The van der Waals surface area contributed by atoms with Crippen LogP contribution >= 0.6 is 0 Å². The van der Waals surface area contributed by atoms with Gasteiger partial charge in [0.2, 0.25) is 10.0 Å². The molecule has 2 aromatic rings. The molecule has 1 amide bonds. The second-order valence-corrected chi connectivity index (χ2v) is 10.6. The number of methoxy groups -OCH3 is 1. The summed E-state index contributed by atoms with van der Waals surface area (Å²) in [4.78, 5) is 27.7. The van der Waals surface area contributed by atoms with Gasteiger partial charge in [-0.25, -0.2) is 8.42 Å². The third-order valence-electron chi connectivity index (χ3n) is 6.32. The van der Waals surface area contributed by atoms with Crippen LogP contribution in [-0.2, 0) is 24.3 Å². The van der Waals surface area contributed by atoms with E-state index >= 15 is 0 Å². The van der Waals surface area contributed by atoms with Crippen molar-refractivity contribution in [3.05, 3.63) is 77.9 Å². The maximum atomic E-state index is 13.2. The van der Waals surface area contributed by atoms with Gasteiger partial charge >= 0.3 is 0 Å². The molecule has 0 aliphatic carbocycles. The van der Waals surface area contributed by atoms with E-state index in [4.69, 9.17) is 9.47 Å². The van der Waals surface area contributed by atoms with Crippen molar-refractivity contribution in [3.63, 3.8) is 0 Å². The molecule has 0 aromatic heterocycles. The highest BCUT2D eigenvalue weighted by Crippen LogP contribution is 2.40. The van der Waals surface area contributed by atoms with Gasteiger partial charge in [-0.3, -0.25) is 9.59 Å². The van der Waals surface area contributed by atoms with Crippen molar-refractivity contribution in [1.29, 1.82) is 0 Å². The average molecular weight is 543 g/mol. The molecule has 0 radical (unpaired) electrons. The maximum absolute atomic E-state index is 13.2. The summed E-state index contributed by atoms with van der Waals surface area (Å²) < 4.78 is 37.7. The molecule has 2 aromatic carbocycles. The average Bonchev–Trinajstić information content (AvgIpc) is 3.17. The summed E-state index contributed by atoms with van der Waals surface area (Å²) in [6.07, 6.45) is 2.12. The van der Waals surface area contributed by atoms with Crippen LogP contribution in [0.25, 0.3) is 5.76 Å². The number of ketones is 1. The number of aliphatic hydroxyl groups is 1. The highest BCUT2D eigenvalue weighted by molar-refractivity contribution is 7.89. The van der Waals surface area contributed by atoms with Gasteiger partial charge in [0.1, 0.15) is 18.1 Å². The summed E-state index contributed by atoms with van der Waals surface area (Å²) in [5, 5.41) is 11.3.